The standard InChI is InChI=1S/C19H24N2O3/c1-19(2,3)21(18(23)24-16-6-7-16)11-15-10-13(12-22)9-14-5-4-8-20-17(14)15/h4-5,8-10,16,22H,6-7,11-12H2,1-3H3. The van der Waals surface area contributed by atoms with Crippen LogP contribution in [-0.2, 0) is 17.9 Å². The van der Waals surface area contributed by atoms with Crippen molar-refractivity contribution in [1.29, 1.82) is 0 Å². The van der Waals surface area contributed by atoms with E-state index in [0.717, 1.165) is 34.9 Å². The number of hydrogen-bond acceptors (Lipinski definition) is 4. The van der Waals surface area contributed by atoms with Crippen LogP contribution in [-0.4, -0.2) is 32.7 Å². The Labute approximate surface area is 142 Å². The summed E-state index contributed by atoms with van der Waals surface area (Å²) in [6, 6.07) is 7.68. The second-order valence-corrected chi connectivity index (χ2v) is 7.33. The van der Waals surface area contributed by atoms with Gasteiger partial charge in [0.15, 0.2) is 0 Å². The summed E-state index contributed by atoms with van der Waals surface area (Å²) in [7, 11) is 0. The van der Waals surface area contributed by atoms with Crippen LogP contribution in [0.5, 0.6) is 0 Å². The second kappa shape index (κ2) is 6.40. The maximum absolute atomic E-state index is 12.6. The van der Waals surface area contributed by atoms with Crippen LogP contribution in [0.15, 0.2) is 30.5 Å². The minimum Gasteiger partial charge on any atom is -0.446 e. The largest absolute Gasteiger partial charge is 0.446 e. The second-order valence-electron chi connectivity index (χ2n) is 7.33. The zero-order valence-electron chi connectivity index (χ0n) is 14.5. The first-order chi connectivity index (χ1) is 11.4. The van der Waals surface area contributed by atoms with Crippen LogP contribution in [0.25, 0.3) is 10.9 Å². The molecule has 0 saturated heterocycles. The van der Waals surface area contributed by atoms with Crippen molar-refractivity contribution < 1.29 is 14.6 Å². The van der Waals surface area contributed by atoms with E-state index in [1.165, 1.54) is 0 Å². The van der Waals surface area contributed by atoms with Crippen molar-refractivity contribution in [2.45, 2.75) is 58.4 Å². The molecule has 1 heterocycles. The Morgan fingerprint density at radius 1 is 1.38 bits per heavy atom. The number of carbonyl (C=O) groups excluding carboxylic acids is 1. The van der Waals surface area contributed by atoms with Crippen LogP contribution in [0, 0.1) is 0 Å². The predicted molar refractivity (Wildman–Crippen MR) is 92.5 cm³/mol. The van der Waals surface area contributed by atoms with Gasteiger partial charge in [-0.05, 0) is 62.9 Å². The van der Waals surface area contributed by atoms with Gasteiger partial charge in [-0.25, -0.2) is 4.79 Å². The molecule has 1 fully saturated rings. The topological polar surface area (TPSA) is 62.7 Å². The molecular weight excluding hydrogens is 304 g/mol. The quantitative estimate of drug-likeness (QED) is 0.931. The van der Waals surface area contributed by atoms with Gasteiger partial charge in [-0.15, -0.1) is 0 Å². The molecule has 1 aliphatic carbocycles. The fourth-order valence-electron chi connectivity index (χ4n) is 2.69. The van der Waals surface area contributed by atoms with Gasteiger partial charge in [0.25, 0.3) is 0 Å². The van der Waals surface area contributed by atoms with Gasteiger partial charge in [-0.2, -0.15) is 0 Å². The summed E-state index contributed by atoms with van der Waals surface area (Å²) >= 11 is 0. The third kappa shape index (κ3) is 3.67. The lowest BCUT2D eigenvalue weighted by Gasteiger charge is -2.35. The number of ether oxygens (including phenoxy) is 1. The highest BCUT2D eigenvalue weighted by Gasteiger charge is 2.33. The van der Waals surface area contributed by atoms with E-state index in [2.05, 4.69) is 4.98 Å². The zero-order valence-corrected chi connectivity index (χ0v) is 14.5. The van der Waals surface area contributed by atoms with Crippen molar-refractivity contribution in [3.63, 3.8) is 0 Å². The molecule has 1 aromatic heterocycles. The summed E-state index contributed by atoms with van der Waals surface area (Å²) in [5.74, 6) is 0. The van der Waals surface area contributed by atoms with Crippen LogP contribution in [0.3, 0.4) is 0 Å². The molecule has 2 aromatic rings. The number of aromatic nitrogens is 1. The molecule has 0 spiro atoms. The monoisotopic (exact) mass is 328 g/mol. The lowest BCUT2D eigenvalue weighted by atomic mass is 10.0. The number of rotatable bonds is 4. The van der Waals surface area contributed by atoms with E-state index in [0.29, 0.717) is 6.54 Å². The molecule has 128 valence electrons. The van der Waals surface area contributed by atoms with E-state index >= 15 is 0 Å². The number of benzene rings is 1. The Morgan fingerprint density at radius 2 is 2.12 bits per heavy atom. The Balaban J connectivity index is 1.96. The number of fused-ring (bicyclic) bond motifs is 1. The van der Waals surface area contributed by atoms with E-state index in [4.69, 9.17) is 4.74 Å². The summed E-state index contributed by atoms with van der Waals surface area (Å²) in [5, 5.41) is 10.5. The van der Waals surface area contributed by atoms with Gasteiger partial charge in [0.05, 0.1) is 18.7 Å². The maximum Gasteiger partial charge on any atom is 0.410 e. The van der Waals surface area contributed by atoms with Crippen molar-refractivity contribution in [2.24, 2.45) is 0 Å². The Hall–Kier alpha value is -2.14. The Kier molecular flexibility index (Phi) is 4.45. The first-order valence-corrected chi connectivity index (χ1v) is 8.34. The van der Waals surface area contributed by atoms with Gasteiger partial charge in [0.1, 0.15) is 6.10 Å². The molecule has 5 nitrogen and oxygen atoms in total. The molecule has 3 rings (SSSR count). The Morgan fingerprint density at radius 3 is 2.75 bits per heavy atom. The number of pyridine rings is 1. The number of nitrogens with zero attached hydrogens (tertiary/aromatic N) is 2. The van der Waals surface area contributed by atoms with Crippen molar-refractivity contribution in [3.05, 3.63) is 41.6 Å². The van der Waals surface area contributed by atoms with E-state index < -0.39 is 0 Å². The summed E-state index contributed by atoms with van der Waals surface area (Å²) < 4.78 is 5.51. The predicted octanol–water partition coefficient (Wildman–Crippen LogP) is 3.63. The molecule has 0 bridgehead atoms. The average Bonchev–Trinajstić information content (AvgIpc) is 3.34. The van der Waals surface area contributed by atoms with E-state index in [-0.39, 0.29) is 24.3 Å². The minimum atomic E-state index is -0.373. The SMILES string of the molecule is CC(C)(C)N(Cc1cc(CO)cc2cccnc12)C(=O)OC1CC1. The number of aliphatic hydroxyl groups is 1. The number of amides is 1. The normalized spacial score (nSPS) is 14.7. The fraction of sp³-hybridized carbons (Fsp3) is 0.474. The van der Waals surface area contributed by atoms with E-state index in [9.17, 15) is 9.90 Å². The molecule has 1 saturated carbocycles. The van der Waals surface area contributed by atoms with Crippen molar-refractivity contribution in [2.75, 3.05) is 0 Å². The van der Waals surface area contributed by atoms with Crippen LogP contribution in [0.2, 0.25) is 0 Å². The summed E-state index contributed by atoms with van der Waals surface area (Å²) in [5.41, 5.74) is 2.21. The van der Waals surface area contributed by atoms with Gasteiger partial charge in [0.2, 0.25) is 0 Å². The van der Waals surface area contributed by atoms with E-state index in [1.54, 1.807) is 11.1 Å². The first kappa shape index (κ1) is 16.7. The third-order valence-corrected chi connectivity index (χ3v) is 4.18. The molecule has 0 unspecified atom stereocenters. The molecule has 5 heteroatoms. The van der Waals surface area contributed by atoms with Gasteiger partial charge >= 0.3 is 6.09 Å². The number of hydrogen-bond donors (Lipinski definition) is 1. The van der Waals surface area contributed by atoms with Gasteiger partial charge in [0, 0.05) is 17.1 Å². The highest BCUT2D eigenvalue weighted by molar-refractivity contribution is 5.83. The molecule has 1 aliphatic rings. The van der Waals surface area contributed by atoms with Crippen LogP contribution >= 0.6 is 0 Å². The highest BCUT2D eigenvalue weighted by Crippen LogP contribution is 2.28. The van der Waals surface area contributed by atoms with Gasteiger partial charge in [-0.1, -0.05) is 6.07 Å². The molecule has 1 amide bonds. The van der Waals surface area contributed by atoms with Crippen molar-refractivity contribution in [1.82, 2.24) is 9.88 Å². The maximum atomic E-state index is 12.6. The summed E-state index contributed by atoms with van der Waals surface area (Å²) in [4.78, 5) is 18.8. The van der Waals surface area contributed by atoms with Crippen LogP contribution in [0.4, 0.5) is 4.79 Å². The zero-order chi connectivity index (χ0) is 17.3. The molecule has 1 aromatic carbocycles. The van der Waals surface area contributed by atoms with Crippen molar-refractivity contribution in [3.8, 4) is 0 Å². The average molecular weight is 328 g/mol. The molecule has 0 atom stereocenters. The van der Waals surface area contributed by atoms with Gasteiger partial charge in [-0.3, -0.25) is 9.88 Å². The number of aliphatic hydroxyl groups excluding tert-OH is 1. The number of carbonyl (C=O) groups is 1. The molecular formula is C19H24N2O3. The van der Waals surface area contributed by atoms with Crippen LogP contribution in [0.1, 0.15) is 44.7 Å². The van der Waals surface area contributed by atoms with E-state index in [1.807, 2.05) is 45.0 Å². The lowest BCUT2D eigenvalue weighted by Crippen LogP contribution is -2.45. The third-order valence-electron chi connectivity index (χ3n) is 4.18. The first-order valence-electron chi connectivity index (χ1n) is 8.34. The van der Waals surface area contributed by atoms with Crippen molar-refractivity contribution >= 4 is 17.0 Å². The smallest absolute Gasteiger partial charge is 0.410 e. The highest BCUT2D eigenvalue weighted by atomic mass is 16.6. The van der Waals surface area contributed by atoms with Crippen LogP contribution < -0.4 is 0 Å². The fourth-order valence-corrected chi connectivity index (χ4v) is 2.69. The van der Waals surface area contributed by atoms with Gasteiger partial charge < -0.3 is 9.84 Å². The molecule has 1 N–H and O–H groups in total. The lowest BCUT2D eigenvalue weighted by molar-refractivity contribution is 0.0588. The molecule has 24 heavy (non-hydrogen) atoms. The summed E-state index contributed by atoms with van der Waals surface area (Å²) in [6.45, 7) is 6.34. The summed E-state index contributed by atoms with van der Waals surface area (Å²) in [6.07, 6.45) is 3.43. The Bertz CT molecular complexity index is 748. The minimum absolute atomic E-state index is 0.0418. The molecule has 0 radical (unpaired) electrons. The molecule has 0 aliphatic heterocycles.